The van der Waals surface area contributed by atoms with E-state index in [0.29, 0.717) is 5.92 Å². The van der Waals surface area contributed by atoms with Gasteiger partial charge in [0.15, 0.2) is 0 Å². The minimum Gasteiger partial charge on any atom is -0.354 e. The number of anilines is 1. The Morgan fingerprint density at radius 3 is 2.35 bits per heavy atom. The number of aromatic nitrogens is 1. The van der Waals surface area contributed by atoms with Crippen LogP contribution in [-0.4, -0.2) is 42.6 Å². The van der Waals surface area contributed by atoms with E-state index in [0.717, 1.165) is 38.5 Å². The molecule has 1 aliphatic rings. The number of rotatable bonds is 3. The molecule has 0 N–H and O–H groups in total. The Bertz CT molecular complexity index is 337. The van der Waals surface area contributed by atoms with Crippen molar-refractivity contribution in [3.63, 3.8) is 0 Å². The number of piperazine rings is 1. The number of hydrogen-bond donors (Lipinski definition) is 0. The van der Waals surface area contributed by atoms with Crippen LogP contribution in [0.4, 0.5) is 5.82 Å². The summed E-state index contributed by atoms with van der Waals surface area (Å²) in [5.41, 5.74) is 1.32. The van der Waals surface area contributed by atoms with E-state index in [1.165, 1.54) is 5.56 Å². The minimum atomic E-state index is 0.563. The van der Waals surface area contributed by atoms with E-state index in [4.69, 9.17) is 0 Å². The first-order valence-electron chi connectivity index (χ1n) is 6.64. The van der Waals surface area contributed by atoms with Crippen LogP contribution in [0.25, 0.3) is 0 Å². The Hall–Kier alpha value is -1.09. The third kappa shape index (κ3) is 2.97. The van der Waals surface area contributed by atoms with E-state index in [1.54, 1.807) is 0 Å². The van der Waals surface area contributed by atoms with Gasteiger partial charge < -0.3 is 9.80 Å². The minimum absolute atomic E-state index is 0.563. The molecule has 0 atom stereocenters. The third-order valence-electron chi connectivity index (χ3n) is 3.58. The molecule has 2 heterocycles. The topological polar surface area (TPSA) is 19.4 Å². The highest BCUT2D eigenvalue weighted by Gasteiger charge is 2.16. The largest absolute Gasteiger partial charge is 0.354 e. The summed E-state index contributed by atoms with van der Waals surface area (Å²) >= 11 is 0. The molecule has 3 heteroatoms. The van der Waals surface area contributed by atoms with Gasteiger partial charge in [-0.1, -0.05) is 26.8 Å². The van der Waals surface area contributed by atoms with Crippen molar-refractivity contribution in [2.45, 2.75) is 26.7 Å². The maximum absolute atomic E-state index is 4.58. The van der Waals surface area contributed by atoms with E-state index in [-0.39, 0.29) is 0 Å². The van der Waals surface area contributed by atoms with Crippen LogP contribution in [0, 0.1) is 0 Å². The second kappa shape index (κ2) is 5.50. The van der Waals surface area contributed by atoms with E-state index in [1.807, 2.05) is 6.20 Å². The molecule has 1 aromatic heterocycles. The van der Waals surface area contributed by atoms with Gasteiger partial charge in [-0.15, -0.1) is 0 Å². The van der Waals surface area contributed by atoms with Gasteiger partial charge in [0.1, 0.15) is 5.82 Å². The zero-order valence-electron chi connectivity index (χ0n) is 11.2. The van der Waals surface area contributed by atoms with Gasteiger partial charge in [-0.2, -0.15) is 0 Å². The molecule has 1 aliphatic heterocycles. The maximum Gasteiger partial charge on any atom is 0.128 e. The molecule has 17 heavy (non-hydrogen) atoms. The van der Waals surface area contributed by atoms with Crippen LogP contribution in [0.15, 0.2) is 18.3 Å². The van der Waals surface area contributed by atoms with Gasteiger partial charge in [-0.3, -0.25) is 0 Å². The smallest absolute Gasteiger partial charge is 0.128 e. The van der Waals surface area contributed by atoms with E-state index >= 15 is 0 Å². The van der Waals surface area contributed by atoms with Crippen LogP contribution in [0.2, 0.25) is 0 Å². The lowest BCUT2D eigenvalue weighted by atomic mass is 10.1. The van der Waals surface area contributed by atoms with Crippen molar-refractivity contribution >= 4 is 5.82 Å². The molecule has 0 unspecified atom stereocenters. The Kier molecular flexibility index (Phi) is 4.00. The SMILES string of the molecule is CCN1CCN(c2ccc(C(C)C)cn2)CC1. The van der Waals surface area contributed by atoms with Crippen LogP contribution in [0.5, 0.6) is 0 Å². The summed E-state index contributed by atoms with van der Waals surface area (Å²) in [5.74, 6) is 1.69. The van der Waals surface area contributed by atoms with Crippen LogP contribution in [0.1, 0.15) is 32.3 Å². The number of nitrogens with zero attached hydrogens (tertiary/aromatic N) is 3. The van der Waals surface area contributed by atoms with Crippen LogP contribution >= 0.6 is 0 Å². The molecule has 3 nitrogen and oxygen atoms in total. The summed E-state index contributed by atoms with van der Waals surface area (Å²) in [5, 5.41) is 0. The lowest BCUT2D eigenvalue weighted by molar-refractivity contribution is 0.270. The summed E-state index contributed by atoms with van der Waals surface area (Å²) < 4.78 is 0. The second-order valence-corrected chi connectivity index (χ2v) is 5.03. The zero-order chi connectivity index (χ0) is 12.3. The molecular formula is C14H23N3. The predicted octanol–water partition coefficient (Wildman–Crippen LogP) is 2.35. The highest BCUT2D eigenvalue weighted by molar-refractivity contribution is 5.40. The van der Waals surface area contributed by atoms with Gasteiger partial charge in [0.05, 0.1) is 0 Å². The summed E-state index contributed by atoms with van der Waals surface area (Å²) in [6.45, 7) is 12.3. The van der Waals surface area contributed by atoms with Gasteiger partial charge >= 0.3 is 0 Å². The summed E-state index contributed by atoms with van der Waals surface area (Å²) in [6, 6.07) is 4.37. The Morgan fingerprint density at radius 2 is 1.88 bits per heavy atom. The predicted molar refractivity (Wildman–Crippen MR) is 72.7 cm³/mol. The van der Waals surface area contributed by atoms with Gasteiger partial charge in [0.25, 0.3) is 0 Å². The van der Waals surface area contributed by atoms with Gasteiger partial charge in [-0.05, 0) is 24.1 Å². The average Bonchev–Trinajstić information content (AvgIpc) is 2.39. The van der Waals surface area contributed by atoms with Crippen molar-refractivity contribution < 1.29 is 0 Å². The molecule has 0 spiro atoms. The lowest BCUT2D eigenvalue weighted by Crippen LogP contribution is -2.46. The standard InChI is InChI=1S/C14H23N3/c1-4-16-7-9-17(10-8-16)14-6-5-13(11-15-14)12(2)3/h5-6,11-12H,4,7-10H2,1-3H3. The first kappa shape index (κ1) is 12.4. The molecule has 1 fully saturated rings. The van der Waals surface area contributed by atoms with E-state index in [2.05, 4.69) is 47.7 Å². The summed E-state index contributed by atoms with van der Waals surface area (Å²) in [6.07, 6.45) is 2.02. The summed E-state index contributed by atoms with van der Waals surface area (Å²) in [7, 11) is 0. The molecule has 0 aliphatic carbocycles. The Morgan fingerprint density at radius 1 is 1.18 bits per heavy atom. The molecule has 0 bridgehead atoms. The molecule has 0 radical (unpaired) electrons. The summed E-state index contributed by atoms with van der Waals surface area (Å²) in [4.78, 5) is 9.45. The first-order valence-corrected chi connectivity index (χ1v) is 6.64. The van der Waals surface area contributed by atoms with Gasteiger partial charge in [0.2, 0.25) is 0 Å². The third-order valence-corrected chi connectivity index (χ3v) is 3.58. The molecule has 1 aromatic rings. The molecule has 0 saturated carbocycles. The van der Waals surface area contributed by atoms with Crippen molar-refractivity contribution in [1.82, 2.24) is 9.88 Å². The van der Waals surface area contributed by atoms with Crippen molar-refractivity contribution in [3.05, 3.63) is 23.9 Å². The fourth-order valence-electron chi connectivity index (χ4n) is 2.22. The monoisotopic (exact) mass is 233 g/mol. The van der Waals surface area contributed by atoms with Crippen molar-refractivity contribution in [1.29, 1.82) is 0 Å². The van der Waals surface area contributed by atoms with Gasteiger partial charge in [-0.25, -0.2) is 4.98 Å². The molecule has 2 rings (SSSR count). The molecule has 0 amide bonds. The van der Waals surface area contributed by atoms with Crippen LogP contribution < -0.4 is 4.90 Å². The number of hydrogen-bond acceptors (Lipinski definition) is 3. The molecule has 1 saturated heterocycles. The Labute approximate surface area is 104 Å². The van der Waals surface area contributed by atoms with Crippen LogP contribution in [-0.2, 0) is 0 Å². The van der Waals surface area contributed by atoms with Crippen molar-refractivity contribution in [3.8, 4) is 0 Å². The van der Waals surface area contributed by atoms with E-state index in [9.17, 15) is 0 Å². The van der Waals surface area contributed by atoms with Gasteiger partial charge in [0, 0.05) is 32.4 Å². The number of pyridine rings is 1. The molecule has 0 aromatic carbocycles. The van der Waals surface area contributed by atoms with Crippen molar-refractivity contribution in [2.24, 2.45) is 0 Å². The number of likely N-dealkylation sites (N-methyl/N-ethyl adjacent to an activating group) is 1. The zero-order valence-corrected chi connectivity index (χ0v) is 11.2. The average molecular weight is 233 g/mol. The second-order valence-electron chi connectivity index (χ2n) is 5.03. The highest BCUT2D eigenvalue weighted by atomic mass is 15.3. The van der Waals surface area contributed by atoms with E-state index < -0.39 is 0 Å². The quantitative estimate of drug-likeness (QED) is 0.799. The maximum atomic E-state index is 4.58. The normalized spacial score (nSPS) is 17.8. The fraction of sp³-hybridized carbons (Fsp3) is 0.643. The Balaban J connectivity index is 1.99. The van der Waals surface area contributed by atoms with Crippen molar-refractivity contribution in [2.75, 3.05) is 37.6 Å². The fourth-order valence-corrected chi connectivity index (χ4v) is 2.22. The van der Waals surface area contributed by atoms with Crippen LogP contribution in [0.3, 0.4) is 0 Å². The highest BCUT2D eigenvalue weighted by Crippen LogP contribution is 2.18. The molecular weight excluding hydrogens is 210 g/mol. The lowest BCUT2D eigenvalue weighted by Gasteiger charge is -2.34. The molecule has 94 valence electrons. The first-order chi connectivity index (χ1) is 8.20.